The molecule has 0 bridgehead atoms. The Morgan fingerprint density at radius 3 is 1.97 bits per heavy atom. The van der Waals surface area contributed by atoms with E-state index in [4.69, 9.17) is 6.57 Å². The molecule has 1 heterocycles. The van der Waals surface area contributed by atoms with Gasteiger partial charge in [0, 0.05) is 11.1 Å². The Hall–Kier alpha value is -4.35. The van der Waals surface area contributed by atoms with Gasteiger partial charge < -0.3 is 0 Å². The van der Waals surface area contributed by atoms with Crippen LogP contribution in [0, 0.1) is 23.7 Å². The monoisotopic (exact) mass is 376 g/mol. The molecule has 136 valence electrons. The summed E-state index contributed by atoms with van der Waals surface area (Å²) < 4.78 is 13.8. The second-order valence-corrected chi connectivity index (χ2v) is 6.24. The maximum absolute atomic E-state index is 13.8. The zero-order chi connectivity index (χ0) is 20.2. The Bertz CT molecular complexity index is 1270. The quantitative estimate of drug-likeness (QED) is 0.410. The molecule has 0 unspecified atom stereocenters. The zero-order valence-electron chi connectivity index (χ0n) is 15.2. The van der Waals surface area contributed by atoms with Crippen LogP contribution in [0.5, 0.6) is 0 Å². The van der Waals surface area contributed by atoms with Crippen LogP contribution in [0.4, 0.5) is 10.1 Å². The Labute approximate surface area is 167 Å². The molecule has 0 aliphatic rings. The van der Waals surface area contributed by atoms with Crippen LogP contribution >= 0.6 is 0 Å². The van der Waals surface area contributed by atoms with E-state index in [9.17, 15) is 9.65 Å². The van der Waals surface area contributed by atoms with Crippen molar-refractivity contribution in [1.82, 2.24) is 9.97 Å². The molecule has 5 heteroatoms. The van der Waals surface area contributed by atoms with E-state index in [1.165, 1.54) is 18.2 Å². The van der Waals surface area contributed by atoms with Crippen LogP contribution in [-0.2, 0) is 0 Å². The van der Waals surface area contributed by atoms with Crippen molar-refractivity contribution >= 4 is 5.69 Å². The lowest BCUT2D eigenvalue weighted by Crippen LogP contribution is -2.01. The normalized spacial score (nSPS) is 10.2. The molecule has 0 radical (unpaired) electrons. The summed E-state index contributed by atoms with van der Waals surface area (Å²) in [6.07, 6.45) is 0. The van der Waals surface area contributed by atoms with Gasteiger partial charge >= 0.3 is 0 Å². The second-order valence-electron chi connectivity index (χ2n) is 6.24. The SMILES string of the molecule is [C-]#[N+]c1cc(-c2nc(-c3ccccc3)nc(-c3ccccc3)c2C#N)ccc1F. The number of hydrogen-bond acceptors (Lipinski definition) is 3. The average molecular weight is 376 g/mol. The predicted octanol–water partition coefficient (Wildman–Crippen LogP) is 6.04. The molecule has 29 heavy (non-hydrogen) atoms. The summed E-state index contributed by atoms with van der Waals surface area (Å²) in [4.78, 5) is 12.5. The van der Waals surface area contributed by atoms with E-state index < -0.39 is 5.82 Å². The molecule has 4 aromatic rings. The van der Waals surface area contributed by atoms with Crippen LogP contribution in [0.2, 0.25) is 0 Å². The largest absolute Gasteiger partial charge is 0.235 e. The highest BCUT2D eigenvalue weighted by Crippen LogP contribution is 2.34. The van der Waals surface area contributed by atoms with E-state index in [1.807, 2.05) is 60.7 Å². The van der Waals surface area contributed by atoms with Gasteiger partial charge in [0.05, 0.1) is 18.0 Å². The van der Waals surface area contributed by atoms with Crippen LogP contribution in [0.25, 0.3) is 38.7 Å². The topological polar surface area (TPSA) is 53.9 Å². The first-order chi connectivity index (χ1) is 14.2. The third-order valence-electron chi connectivity index (χ3n) is 4.44. The van der Waals surface area contributed by atoms with Crippen molar-refractivity contribution in [2.24, 2.45) is 0 Å². The van der Waals surface area contributed by atoms with Crippen molar-refractivity contribution in [1.29, 1.82) is 5.26 Å². The molecule has 0 spiro atoms. The van der Waals surface area contributed by atoms with Gasteiger partial charge in [0.25, 0.3) is 0 Å². The first-order valence-electron chi connectivity index (χ1n) is 8.81. The molecule has 0 aliphatic carbocycles. The average Bonchev–Trinajstić information content (AvgIpc) is 2.79. The molecule has 0 fully saturated rings. The van der Waals surface area contributed by atoms with Gasteiger partial charge in [-0.25, -0.2) is 19.2 Å². The van der Waals surface area contributed by atoms with Crippen molar-refractivity contribution in [3.63, 3.8) is 0 Å². The molecule has 1 aromatic heterocycles. The van der Waals surface area contributed by atoms with Crippen molar-refractivity contribution in [2.75, 3.05) is 0 Å². The summed E-state index contributed by atoms with van der Waals surface area (Å²) in [6.45, 7) is 7.18. The molecule has 0 atom stereocenters. The number of benzene rings is 3. The molecule has 0 N–H and O–H groups in total. The number of hydrogen-bond donors (Lipinski definition) is 0. The van der Waals surface area contributed by atoms with Gasteiger partial charge in [-0.2, -0.15) is 5.26 Å². The van der Waals surface area contributed by atoms with E-state index in [2.05, 4.69) is 20.9 Å². The number of halogens is 1. The number of nitriles is 1. The molecule has 3 aromatic carbocycles. The highest BCUT2D eigenvalue weighted by Gasteiger charge is 2.19. The van der Waals surface area contributed by atoms with Crippen LogP contribution in [0.15, 0.2) is 78.9 Å². The van der Waals surface area contributed by atoms with Gasteiger partial charge in [-0.1, -0.05) is 66.7 Å². The van der Waals surface area contributed by atoms with Crippen LogP contribution in [-0.4, -0.2) is 9.97 Å². The van der Waals surface area contributed by atoms with Gasteiger partial charge in [0.15, 0.2) is 5.82 Å². The van der Waals surface area contributed by atoms with Crippen molar-refractivity contribution in [3.05, 3.63) is 102 Å². The van der Waals surface area contributed by atoms with Gasteiger partial charge in [-0.3, -0.25) is 0 Å². The van der Waals surface area contributed by atoms with Gasteiger partial charge in [-0.15, -0.1) is 0 Å². The Morgan fingerprint density at radius 2 is 1.38 bits per heavy atom. The van der Waals surface area contributed by atoms with Gasteiger partial charge in [0.1, 0.15) is 17.4 Å². The Morgan fingerprint density at radius 1 is 0.793 bits per heavy atom. The predicted molar refractivity (Wildman–Crippen MR) is 109 cm³/mol. The van der Waals surface area contributed by atoms with E-state index in [0.717, 1.165) is 11.1 Å². The minimum atomic E-state index is -0.608. The fourth-order valence-electron chi connectivity index (χ4n) is 3.04. The van der Waals surface area contributed by atoms with Crippen LogP contribution < -0.4 is 0 Å². The Balaban J connectivity index is 2.04. The van der Waals surface area contributed by atoms with Crippen LogP contribution in [0.1, 0.15) is 5.56 Å². The molecular weight excluding hydrogens is 363 g/mol. The summed E-state index contributed by atoms with van der Waals surface area (Å²) in [5, 5.41) is 9.90. The van der Waals surface area contributed by atoms with Crippen LogP contribution in [0.3, 0.4) is 0 Å². The van der Waals surface area contributed by atoms with E-state index in [-0.39, 0.29) is 11.3 Å². The lowest BCUT2D eigenvalue weighted by molar-refractivity contribution is 0.634. The fraction of sp³-hybridized carbons (Fsp3) is 0. The van der Waals surface area contributed by atoms with Crippen molar-refractivity contribution in [3.8, 4) is 40.0 Å². The second kappa shape index (κ2) is 7.72. The first kappa shape index (κ1) is 18.0. The summed E-state index contributed by atoms with van der Waals surface area (Å²) in [7, 11) is 0. The molecule has 0 saturated heterocycles. The smallest absolute Gasteiger partial charge is 0.222 e. The maximum Gasteiger partial charge on any atom is 0.222 e. The minimum Gasteiger partial charge on any atom is -0.235 e. The lowest BCUT2D eigenvalue weighted by Gasteiger charge is -2.12. The summed E-state index contributed by atoms with van der Waals surface area (Å²) >= 11 is 0. The van der Waals surface area contributed by atoms with Crippen molar-refractivity contribution < 1.29 is 4.39 Å². The molecule has 4 rings (SSSR count). The summed E-state index contributed by atoms with van der Waals surface area (Å²) in [5.41, 5.74) is 3.08. The summed E-state index contributed by atoms with van der Waals surface area (Å²) in [5.74, 6) is -0.157. The highest BCUT2D eigenvalue weighted by molar-refractivity contribution is 5.80. The molecule has 0 amide bonds. The minimum absolute atomic E-state index is 0.118. The molecule has 4 nitrogen and oxygen atoms in total. The third kappa shape index (κ3) is 3.45. The van der Waals surface area contributed by atoms with E-state index >= 15 is 0 Å². The fourth-order valence-corrected chi connectivity index (χ4v) is 3.04. The maximum atomic E-state index is 13.8. The van der Waals surface area contributed by atoms with Crippen molar-refractivity contribution in [2.45, 2.75) is 0 Å². The number of nitrogens with zero attached hydrogens (tertiary/aromatic N) is 4. The summed E-state index contributed by atoms with van der Waals surface area (Å²) in [6, 6.07) is 25.2. The van der Waals surface area contributed by atoms with E-state index in [0.29, 0.717) is 22.8 Å². The molecule has 0 saturated carbocycles. The van der Waals surface area contributed by atoms with E-state index in [1.54, 1.807) is 0 Å². The lowest BCUT2D eigenvalue weighted by atomic mass is 10.00. The third-order valence-corrected chi connectivity index (χ3v) is 4.44. The molecular formula is C24H13FN4. The molecule has 0 aliphatic heterocycles. The first-order valence-corrected chi connectivity index (χ1v) is 8.81. The Kier molecular flexibility index (Phi) is 4.80. The number of rotatable bonds is 3. The standard InChI is InChI=1S/C24H13FN4/c1-27-21-14-18(12-13-20(21)25)23-19(15-26)22(16-8-4-2-5-9-16)28-24(29-23)17-10-6-3-7-11-17/h2-14H. The number of aromatic nitrogens is 2. The van der Waals surface area contributed by atoms with Gasteiger partial charge in [0.2, 0.25) is 5.69 Å². The van der Waals surface area contributed by atoms with Gasteiger partial charge in [-0.05, 0) is 17.7 Å². The zero-order valence-corrected chi connectivity index (χ0v) is 15.2. The highest BCUT2D eigenvalue weighted by atomic mass is 19.1.